The van der Waals surface area contributed by atoms with Crippen LogP contribution in [0, 0.1) is 0 Å². The van der Waals surface area contributed by atoms with Gasteiger partial charge in [-0.1, -0.05) is 0 Å². The number of nitrogens with one attached hydrogen (secondary N) is 1. The maximum absolute atomic E-state index is 11.8. The minimum atomic E-state index is -0.301. The Morgan fingerprint density at radius 3 is 2.75 bits per heavy atom. The Morgan fingerprint density at radius 1 is 1.44 bits per heavy atom. The van der Waals surface area contributed by atoms with Crippen molar-refractivity contribution in [3.63, 3.8) is 0 Å². The number of piperidine rings is 1. The van der Waals surface area contributed by atoms with Gasteiger partial charge < -0.3 is 15.0 Å². The molecule has 0 aliphatic carbocycles. The van der Waals surface area contributed by atoms with Crippen molar-refractivity contribution in [1.82, 2.24) is 10.2 Å². The summed E-state index contributed by atoms with van der Waals surface area (Å²) in [4.78, 5) is 24.5. The highest BCUT2D eigenvalue weighted by Crippen LogP contribution is 2.21. The molecule has 0 spiro atoms. The van der Waals surface area contributed by atoms with Gasteiger partial charge in [-0.2, -0.15) is 0 Å². The summed E-state index contributed by atoms with van der Waals surface area (Å²) < 4.78 is 5.09. The Bertz CT molecular complexity index is 287. The lowest BCUT2D eigenvalue weighted by Crippen LogP contribution is -2.44. The first kappa shape index (κ1) is 11.4. The molecule has 1 N–H and O–H groups in total. The van der Waals surface area contributed by atoms with Gasteiger partial charge in [0, 0.05) is 13.0 Å². The standard InChI is InChI=1S/C11H18N2O3/c1-8(14)16-10-6-11(15)13(7-10)9-2-4-12-5-3-9/h9-10,12H,2-7H2,1H3/t10-/m0/s1. The molecule has 0 aromatic rings. The van der Waals surface area contributed by atoms with Crippen LogP contribution in [0.4, 0.5) is 0 Å². The van der Waals surface area contributed by atoms with Gasteiger partial charge in [-0.3, -0.25) is 9.59 Å². The number of rotatable bonds is 2. The van der Waals surface area contributed by atoms with Crippen LogP contribution in [0.1, 0.15) is 26.2 Å². The Balaban J connectivity index is 1.90. The molecule has 2 saturated heterocycles. The van der Waals surface area contributed by atoms with Crippen molar-refractivity contribution in [1.29, 1.82) is 0 Å². The Kier molecular flexibility index (Phi) is 3.43. The molecule has 2 aliphatic heterocycles. The zero-order valence-electron chi connectivity index (χ0n) is 9.57. The topological polar surface area (TPSA) is 58.6 Å². The second kappa shape index (κ2) is 4.82. The maximum Gasteiger partial charge on any atom is 0.302 e. The van der Waals surface area contributed by atoms with Gasteiger partial charge >= 0.3 is 5.97 Å². The lowest BCUT2D eigenvalue weighted by atomic mass is 10.1. The van der Waals surface area contributed by atoms with Crippen molar-refractivity contribution in [2.45, 2.75) is 38.3 Å². The van der Waals surface area contributed by atoms with Crippen LogP contribution in [0.15, 0.2) is 0 Å². The van der Waals surface area contributed by atoms with Gasteiger partial charge in [-0.25, -0.2) is 0 Å². The summed E-state index contributed by atoms with van der Waals surface area (Å²) >= 11 is 0. The van der Waals surface area contributed by atoms with E-state index in [1.807, 2.05) is 4.90 Å². The number of hydrogen-bond acceptors (Lipinski definition) is 4. The number of hydrogen-bond donors (Lipinski definition) is 1. The molecule has 0 radical (unpaired) electrons. The number of nitrogens with zero attached hydrogens (tertiary/aromatic N) is 1. The third kappa shape index (κ3) is 2.52. The van der Waals surface area contributed by atoms with Gasteiger partial charge in [0.25, 0.3) is 0 Å². The van der Waals surface area contributed by atoms with E-state index in [1.165, 1.54) is 6.92 Å². The first-order valence-corrected chi connectivity index (χ1v) is 5.84. The van der Waals surface area contributed by atoms with E-state index in [-0.39, 0.29) is 18.0 Å². The van der Waals surface area contributed by atoms with Crippen molar-refractivity contribution in [2.75, 3.05) is 19.6 Å². The van der Waals surface area contributed by atoms with E-state index in [0.717, 1.165) is 25.9 Å². The fourth-order valence-electron chi connectivity index (χ4n) is 2.48. The van der Waals surface area contributed by atoms with E-state index >= 15 is 0 Å². The van der Waals surface area contributed by atoms with Gasteiger partial charge in [0.1, 0.15) is 6.10 Å². The molecule has 2 aliphatic rings. The molecule has 2 fully saturated rings. The molecule has 2 rings (SSSR count). The van der Waals surface area contributed by atoms with Crippen molar-refractivity contribution >= 4 is 11.9 Å². The molecule has 16 heavy (non-hydrogen) atoms. The molecule has 1 atom stereocenters. The smallest absolute Gasteiger partial charge is 0.302 e. The molecule has 0 unspecified atom stereocenters. The van der Waals surface area contributed by atoms with E-state index in [0.29, 0.717) is 19.0 Å². The van der Waals surface area contributed by atoms with Gasteiger partial charge in [0.05, 0.1) is 13.0 Å². The quantitative estimate of drug-likeness (QED) is 0.668. The summed E-state index contributed by atoms with van der Waals surface area (Å²) in [5.74, 6) is -0.178. The summed E-state index contributed by atoms with van der Waals surface area (Å²) in [6, 6.07) is 0.328. The Hall–Kier alpha value is -1.10. The average molecular weight is 226 g/mol. The van der Waals surface area contributed by atoms with Crippen LogP contribution in [-0.4, -0.2) is 48.6 Å². The van der Waals surface area contributed by atoms with E-state index < -0.39 is 0 Å². The normalized spacial score (nSPS) is 27.2. The van der Waals surface area contributed by atoms with Crippen LogP contribution in [0.5, 0.6) is 0 Å². The molecular weight excluding hydrogens is 208 g/mol. The molecule has 90 valence electrons. The zero-order valence-corrected chi connectivity index (χ0v) is 9.57. The molecule has 5 heteroatoms. The third-order valence-electron chi connectivity index (χ3n) is 3.21. The minimum absolute atomic E-state index is 0.123. The van der Waals surface area contributed by atoms with Gasteiger partial charge in [-0.05, 0) is 25.9 Å². The number of carbonyl (C=O) groups excluding carboxylic acids is 2. The van der Waals surface area contributed by atoms with Gasteiger partial charge in [0.15, 0.2) is 0 Å². The highest BCUT2D eigenvalue weighted by molar-refractivity contribution is 5.80. The summed E-state index contributed by atoms with van der Waals surface area (Å²) in [5, 5.41) is 3.27. The van der Waals surface area contributed by atoms with Crippen molar-refractivity contribution in [3.05, 3.63) is 0 Å². The van der Waals surface area contributed by atoms with Crippen LogP contribution in [0.25, 0.3) is 0 Å². The first-order chi connectivity index (χ1) is 7.66. The molecule has 5 nitrogen and oxygen atoms in total. The van der Waals surface area contributed by atoms with Crippen LogP contribution in [0.3, 0.4) is 0 Å². The number of likely N-dealkylation sites (tertiary alicyclic amines) is 1. The third-order valence-corrected chi connectivity index (χ3v) is 3.21. The second-order valence-electron chi connectivity index (χ2n) is 4.46. The van der Waals surface area contributed by atoms with Crippen LogP contribution in [0.2, 0.25) is 0 Å². The fraction of sp³-hybridized carbons (Fsp3) is 0.818. The Morgan fingerprint density at radius 2 is 2.12 bits per heavy atom. The number of esters is 1. The predicted molar refractivity (Wildman–Crippen MR) is 57.8 cm³/mol. The summed E-state index contributed by atoms with van der Waals surface area (Å²) in [7, 11) is 0. The maximum atomic E-state index is 11.8. The lowest BCUT2D eigenvalue weighted by molar-refractivity contribution is -0.145. The fourth-order valence-corrected chi connectivity index (χ4v) is 2.48. The zero-order chi connectivity index (χ0) is 11.5. The largest absolute Gasteiger partial charge is 0.460 e. The summed E-state index contributed by atoms with van der Waals surface area (Å²) in [6.07, 6.45) is 2.11. The van der Waals surface area contributed by atoms with Crippen LogP contribution < -0.4 is 5.32 Å². The van der Waals surface area contributed by atoms with Crippen molar-refractivity contribution < 1.29 is 14.3 Å². The number of amides is 1. The monoisotopic (exact) mass is 226 g/mol. The van der Waals surface area contributed by atoms with E-state index in [4.69, 9.17) is 4.74 Å². The van der Waals surface area contributed by atoms with E-state index in [9.17, 15) is 9.59 Å². The molecule has 0 aromatic heterocycles. The van der Waals surface area contributed by atoms with Crippen molar-refractivity contribution in [2.24, 2.45) is 0 Å². The molecule has 2 heterocycles. The van der Waals surface area contributed by atoms with Crippen LogP contribution in [-0.2, 0) is 14.3 Å². The van der Waals surface area contributed by atoms with Gasteiger partial charge in [0.2, 0.25) is 5.91 Å². The van der Waals surface area contributed by atoms with E-state index in [2.05, 4.69) is 5.32 Å². The minimum Gasteiger partial charge on any atom is -0.460 e. The summed E-state index contributed by atoms with van der Waals surface area (Å²) in [5.41, 5.74) is 0. The SMILES string of the molecule is CC(=O)O[C@H]1CC(=O)N(C2CCNCC2)C1. The number of ether oxygens (including phenoxy) is 1. The molecular formula is C11H18N2O3. The molecule has 0 saturated carbocycles. The highest BCUT2D eigenvalue weighted by Gasteiger charge is 2.36. The van der Waals surface area contributed by atoms with Crippen LogP contribution >= 0.6 is 0 Å². The highest BCUT2D eigenvalue weighted by atomic mass is 16.5. The summed E-state index contributed by atoms with van der Waals surface area (Å²) in [6.45, 7) is 3.89. The van der Waals surface area contributed by atoms with Gasteiger partial charge in [-0.15, -0.1) is 0 Å². The molecule has 0 bridgehead atoms. The average Bonchev–Trinajstić information content (AvgIpc) is 2.60. The van der Waals surface area contributed by atoms with E-state index in [1.54, 1.807) is 0 Å². The first-order valence-electron chi connectivity index (χ1n) is 5.84. The lowest BCUT2D eigenvalue weighted by Gasteiger charge is -2.31. The molecule has 1 amide bonds. The number of carbonyl (C=O) groups is 2. The van der Waals surface area contributed by atoms with Crippen molar-refractivity contribution in [3.8, 4) is 0 Å². The second-order valence-corrected chi connectivity index (χ2v) is 4.46. The predicted octanol–water partition coefficient (Wildman–Crippen LogP) is -0.0976. The Labute approximate surface area is 95.1 Å². The molecule has 0 aromatic carbocycles.